The Hall–Kier alpha value is -0.610. The molecule has 1 aromatic rings. The van der Waals surface area contributed by atoms with E-state index >= 15 is 0 Å². The van der Waals surface area contributed by atoms with Gasteiger partial charge < -0.3 is 15.2 Å². The Kier molecular flexibility index (Phi) is 7.28. The van der Waals surface area contributed by atoms with E-state index < -0.39 is 0 Å². The Bertz CT molecular complexity index is 346. The predicted molar refractivity (Wildman–Crippen MR) is 74.9 cm³/mol. The van der Waals surface area contributed by atoms with Gasteiger partial charge in [-0.2, -0.15) is 0 Å². The number of rotatable bonds is 8. The van der Waals surface area contributed by atoms with Crippen molar-refractivity contribution in [1.29, 1.82) is 0 Å². The molecule has 3 nitrogen and oxygen atoms in total. The number of benzene rings is 1. The van der Waals surface area contributed by atoms with E-state index in [1.54, 1.807) is 0 Å². The Morgan fingerprint density at radius 2 is 1.94 bits per heavy atom. The zero-order valence-electron chi connectivity index (χ0n) is 11.1. The van der Waals surface area contributed by atoms with Gasteiger partial charge in [0.05, 0.1) is 19.3 Å². The van der Waals surface area contributed by atoms with Crippen LogP contribution >= 0.6 is 11.6 Å². The second-order valence-corrected chi connectivity index (χ2v) is 4.49. The molecule has 1 rings (SSSR count). The summed E-state index contributed by atoms with van der Waals surface area (Å²) in [6, 6.07) is 7.61. The van der Waals surface area contributed by atoms with Gasteiger partial charge in [0, 0.05) is 23.2 Å². The largest absolute Gasteiger partial charge is 0.379 e. The van der Waals surface area contributed by atoms with E-state index in [4.69, 9.17) is 26.8 Å². The van der Waals surface area contributed by atoms with Crippen LogP contribution in [0.3, 0.4) is 0 Å². The van der Waals surface area contributed by atoms with Crippen LogP contribution in [0, 0.1) is 0 Å². The Labute approximate surface area is 114 Å². The molecule has 18 heavy (non-hydrogen) atoms. The molecule has 0 fully saturated rings. The molecule has 0 aliphatic rings. The van der Waals surface area contributed by atoms with E-state index in [9.17, 15) is 0 Å². The highest BCUT2D eigenvalue weighted by atomic mass is 35.5. The van der Waals surface area contributed by atoms with Crippen molar-refractivity contribution in [1.82, 2.24) is 0 Å². The maximum Gasteiger partial charge on any atom is 0.0991 e. The third-order valence-electron chi connectivity index (χ3n) is 2.80. The Morgan fingerprint density at radius 1 is 1.22 bits per heavy atom. The number of halogens is 1. The monoisotopic (exact) mass is 271 g/mol. The lowest BCUT2D eigenvalue weighted by Gasteiger charge is -2.24. The van der Waals surface area contributed by atoms with Gasteiger partial charge in [-0.25, -0.2) is 0 Å². The van der Waals surface area contributed by atoms with Gasteiger partial charge in [-0.3, -0.25) is 0 Å². The average Bonchev–Trinajstić information content (AvgIpc) is 2.39. The van der Waals surface area contributed by atoms with Crippen LogP contribution in [0.25, 0.3) is 0 Å². The molecule has 0 aliphatic carbocycles. The average molecular weight is 272 g/mol. The summed E-state index contributed by atoms with van der Waals surface area (Å²) in [6.45, 7) is 5.80. The summed E-state index contributed by atoms with van der Waals surface area (Å²) in [6.07, 6.45) is 0.661. The van der Waals surface area contributed by atoms with E-state index in [1.807, 2.05) is 38.1 Å². The second kappa shape index (κ2) is 8.48. The summed E-state index contributed by atoms with van der Waals surface area (Å²) in [4.78, 5) is 0. The van der Waals surface area contributed by atoms with Gasteiger partial charge in [0.25, 0.3) is 0 Å². The molecule has 102 valence electrons. The van der Waals surface area contributed by atoms with Gasteiger partial charge in [0.15, 0.2) is 0 Å². The molecule has 2 atom stereocenters. The summed E-state index contributed by atoms with van der Waals surface area (Å²) in [7, 11) is 0. The fourth-order valence-corrected chi connectivity index (χ4v) is 1.99. The first-order valence-corrected chi connectivity index (χ1v) is 6.77. The third-order valence-corrected chi connectivity index (χ3v) is 3.15. The molecule has 4 heteroatoms. The van der Waals surface area contributed by atoms with Crippen LogP contribution in [0.5, 0.6) is 0 Å². The summed E-state index contributed by atoms with van der Waals surface area (Å²) in [5, 5.41) is 0.697. The van der Waals surface area contributed by atoms with Gasteiger partial charge in [-0.05, 0) is 19.4 Å². The van der Waals surface area contributed by atoms with Crippen LogP contribution in [-0.4, -0.2) is 25.9 Å². The van der Waals surface area contributed by atoms with E-state index in [1.165, 1.54) is 0 Å². The van der Waals surface area contributed by atoms with Crippen molar-refractivity contribution in [2.24, 2.45) is 5.73 Å². The number of ether oxygens (including phenoxy) is 2. The molecule has 0 amide bonds. The molecule has 0 spiro atoms. The van der Waals surface area contributed by atoms with Crippen molar-refractivity contribution >= 4 is 11.6 Å². The summed E-state index contributed by atoms with van der Waals surface area (Å²) in [5.41, 5.74) is 7.06. The lowest BCUT2D eigenvalue weighted by molar-refractivity contribution is -0.00544. The third kappa shape index (κ3) is 4.58. The minimum atomic E-state index is -0.177. The summed E-state index contributed by atoms with van der Waals surface area (Å²) < 4.78 is 11.1. The minimum Gasteiger partial charge on any atom is -0.379 e. The van der Waals surface area contributed by atoms with Crippen molar-refractivity contribution in [2.75, 3.05) is 19.8 Å². The fraction of sp³-hybridized carbons (Fsp3) is 0.571. The molecule has 0 aromatic heterocycles. The lowest BCUT2D eigenvalue weighted by atomic mass is 10.0. The van der Waals surface area contributed by atoms with E-state index in [0.29, 0.717) is 24.8 Å². The van der Waals surface area contributed by atoms with Crippen molar-refractivity contribution in [3.8, 4) is 0 Å². The van der Waals surface area contributed by atoms with E-state index in [-0.39, 0.29) is 12.1 Å². The SMILES string of the molecule is CCOCCOC(c1ccccc1Cl)C(N)CC. The zero-order chi connectivity index (χ0) is 13.4. The van der Waals surface area contributed by atoms with E-state index in [2.05, 4.69) is 0 Å². The molecule has 2 unspecified atom stereocenters. The van der Waals surface area contributed by atoms with Crippen molar-refractivity contribution in [3.05, 3.63) is 34.9 Å². The van der Waals surface area contributed by atoms with Gasteiger partial charge in [-0.1, -0.05) is 36.7 Å². The predicted octanol–water partition coefficient (Wildman–Crippen LogP) is 3.17. The first kappa shape index (κ1) is 15.4. The maximum atomic E-state index is 6.19. The fourth-order valence-electron chi connectivity index (χ4n) is 1.74. The summed E-state index contributed by atoms with van der Waals surface area (Å²) in [5.74, 6) is 0. The first-order valence-electron chi connectivity index (χ1n) is 6.40. The molecular formula is C14H22ClNO2. The van der Waals surface area contributed by atoms with Gasteiger partial charge in [0.1, 0.15) is 0 Å². The molecule has 1 aromatic carbocycles. The first-order chi connectivity index (χ1) is 8.70. The second-order valence-electron chi connectivity index (χ2n) is 4.08. The molecule has 0 bridgehead atoms. The highest BCUT2D eigenvalue weighted by Gasteiger charge is 2.21. The summed E-state index contributed by atoms with van der Waals surface area (Å²) >= 11 is 6.19. The van der Waals surface area contributed by atoms with E-state index in [0.717, 1.165) is 12.0 Å². The van der Waals surface area contributed by atoms with Gasteiger partial charge in [-0.15, -0.1) is 0 Å². The lowest BCUT2D eigenvalue weighted by Crippen LogP contribution is -2.30. The molecule has 0 radical (unpaired) electrons. The van der Waals surface area contributed by atoms with Crippen LogP contribution in [0.2, 0.25) is 5.02 Å². The molecule has 0 heterocycles. The molecule has 2 N–H and O–H groups in total. The van der Waals surface area contributed by atoms with Crippen molar-refractivity contribution in [2.45, 2.75) is 32.4 Å². The highest BCUT2D eigenvalue weighted by molar-refractivity contribution is 6.31. The van der Waals surface area contributed by atoms with Crippen LogP contribution in [0.1, 0.15) is 31.9 Å². The van der Waals surface area contributed by atoms with Gasteiger partial charge in [0.2, 0.25) is 0 Å². The maximum absolute atomic E-state index is 6.19. The number of nitrogens with two attached hydrogens (primary N) is 1. The topological polar surface area (TPSA) is 44.5 Å². The van der Waals surface area contributed by atoms with Crippen LogP contribution in [0.4, 0.5) is 0 Å². The smallest absolute Gasteiger partial charge is 0.0991 e. The molecule has 0 aliphatic heterocycles. The molecule has 0 saturated carbocycles. The Balaban J connectivity index is 2.69. The quantitative estimate of drug-likeness (QED) is 0.739. The number of hydrogen-bond donors (Lipinski definition) is 1. The highest BCUT2D eigenvalue weighted by Crippen LogP contribution is 2.28. The Morgan fingerprint density at radius 3 is 2.56 bits per heavy atom. The van der Waals surface area contributed by atoms with Crippen molar-refractivity contribution in [3.63, 3.8) is 0 Å². The van der Waals surface area contributed by atoms with Crippen LogP contribution in [0.15, 0.2) is 24.3 Å². The number of hydrogen-bond acceptors (Lipinski definition) is 3. The van der Waals surface area contributed by atoms with Gasteiger partial charge >= 0.3 is 0 Å². The van der Waals surface area contributed by atoms with Crippen molar-refractivity contribution < 1.29 is 9.47 Å². The standard InChI is InChI=1S/C14H22ClNO2/c1-3-13(16)14(18-10-9-17-4-2)11-7-5-6-8-12(11)15/h5-8,13-14H,3-4,9-10,16H2,1-2H3. The van der Waals surface area contributed by atoms with Crippen LogP contribution in [-0.2, 0) is 9.47 Å². The minimum absolute atomic E-state index is 0.0634. The molecule has 0 saturated heterocycles. The zero-order valence-corrected chi connectivity index (χ0v) is 11.8. The normalized spacial score (nSPS) is 14.4. The van der Waals surface area contributed by atoms with Crippen LogP contribution < -0.4 is 5.73 Å². The molecular weight excluding hydrogens is 250 g/mol.